The van der Waals surface area contributed by atoms with E-state index in [0.29, 0.717) is 19.3 Å². The van der Waals surface area contributed by atoms with E-state index in [-0.39, 0.29) is 19.4 Å². The highest BCUT2D eigenvalue weighted by atomic mass is 31.2. The van der Waals surface area contributed by atoms with E-state index in [2.05, 4.69) is 68.5 Å². The van der Waals surface area contributed by atoms with Crippen LogP contribution in [0.4, 0.5) is 0 Å². The largest absolute Gasteiger partial charge is 0.472 e. The summed E-state index contributed by atoms with van der Waals surface area (Å²) >= 11 is 0. The number of hydrogen-bond donors (Lipinski definition) is 3. The van der Waals surface area contributed by atoms with Crippen LogP contribution < -0.4 is 0 Å². The van der Waals surface area contributed by atoms with Crippen LogP contribution >= 0.6 is 7.82 Å². The van der Waals surface area contributed by atoms with Crippen molar-refractivity contribution in [2.45, 2.75) is 244 Å². The molecular formula is C54H97O10P. The second-order valence-electron chi connectivity index (χ2n) is 17.5. The van der Waals surface area contributed by atoms with Crippen LogP contribution in [0.15, 0.2) is 60.8 Å². The molecule has 0 aliphatic carbocycles. The maximum Gasteiger partial charge on any atom is 0.472 e. The molecule has 0 fully saturated rings. The van der Waals surface area contributed by atoms with Crippen molar-refractivity contribution in [2.75, 3.05) is 26.4 Å². The first-order chi connectivity index (χ1) is 31.7. The summed E-state index contributed by atoms with van der Waals surface area (Å²) in [7, 11) is -4.64. The number of rotatable bonds is 49. The van der Waals surface area contributed by atoms with Crippen molar-refractivity contribution >= 4 is 19.8 Å². The van der Waals surface area contributed by atoms with Gasteiger partial charge in [0.1, 0.15) is 12.7 Å². The summed E-state index contributed by atoms with van der Waals surface area (Å²) in [4.78, 5) is 35.2. The van der Waals surface area contributed by atoms with Crippen molar-refractivity contribution < 1.29 is 47.8 Å². The predicted octanol–water partition coefficient (Wildman–Crippen LogP) is 15.0. The van der Waals surface area contributed by atoms with Gasteiger partial charge in [0.15, 0.2) is 6.10 Å². The number of hydrogen-bond acceptors (Lipinski definition) is 9. The zero-order chi connectivity index (χ0) is 47.6. The molecule has 10 nitrogen and oxygen atoms in total. The maximum absolute atomic E-state index is 12.7. The quantitative estimate of drug-likeness (QED) is 0.0233. The Hall–Kier alpha value is -2.33. The number of esters is 2. The lowest BCUT2D eigenvalue weighted by atomic mass is 10.0. The Morgan fingerprint density at radius 3 is 1.26 bits per heavy atom. The molecule has 0 bridgehead atoms. The van der Waals surface area contributed by atoms with E-state index in [4.69, 9.17) is 23.6 Å². The van der Waals surface area contributed by atoms with E-state index < -0.39 is 51.8 Å². The Balaban J connectivity index is 4.26. The molecule has 0 saturated carbocycles. The number of aliphatic hydroxyl groups is 2. The van der Waals surface area contributed by atoms with Gasteiger partial charge in [-0.05, 0) is 77.0 Å². The molecule has 378 valence electrons. The van der Waals surface area contributed by atoms with Crippen LogP contribution in [0.25, 0.3) is 0 Å². The second kappa shape index (κ2) is 49.6. The summed E-state index contributed by atoms with van der Waals surface area (Å²) in [6.07, 6.45) is 57.7. The van der Waals surface area contributed by atoms with Gasteiger partial charge in [-0.2, -0.15) is 0 Å². The number of unbranched alkanes of at least 4 members (excludes halogenated alkanes) is 25. The van der Waals surface area contributed by atoms with Gasteiger partial charge in [-0.3, -0.25) is 18.6 Å². The SMILES string of the molecule is CCCCCCCC/C=C/CCCCCCCCCCCCCC(=O)OC[C@H](COP(=O)(O)OC[C@@H](O)CO)OC(=O)CCC/C=C/C/C=C/C/C=C/C/C=C/CCCCCCCCC. The summed E-state index contributed by atoms with van der Waals surface area (Å²) in [6, 6.07) is 0. The second-order valence-corrected chi connectivity index (χ2v) is 19.0. The van der Waals surface area contributed by atoms with Crippen LogP contribution in [0.2, 0.25) is 0 Å². The highest BCUT2D eigenvalue weighted by molar-refractivity contribution is 7.47. The highest BCUT2D eigenvalue weighted by Gasteiger charge is 2.27. The van der Waals surface area contributed by atoms with Crippen molar-refractivity contribution in [3.05, 3.63) is 60.8 Å². The molecule has 0 rings (SSSR count). The van der Waals surface area contributed by atoms with Gasteiger partial charge in [0.25, 0.3) is 0 Å². The molecule has 0 aliphatic heterocycles. The molecule has 0 aromatic carbocycles. The lowest BCUT2D eigenvalue weighted by Gasteiger charge is -2.20. The molecule has 0 aromatic heterocycles. The smallest absolute Gasteiger partial charge is 0.462 e. The van der Waals surface area contributed by atoms with Crippen LogP contribution in [0.5, 0.6) is 0 Å². The van der Waals surface area contributed by atoms with Gasteiger partial charge in [-0.1, -0.05) is 203 Å². The van der Waals surface area contributed by atoms with E-state index in [0.717, 1.165) is 38.5 Å². The summed E-state index contributed by atoms with van der Waals surface area (Å²) in [6.45, 7) is 2.34. The van der Waals surface area contributed by atoms with Crippen molar-refractivity contribution in [3.63, 3.8) is 0 Å². The minimum atomic E-state index is -4.64. The Labute approximate surface area is 397 Å². The van der Waals surface area contributed by atoms with Gasteiger partial charge in [0.05, 0.1) is 19.8 Å². The molecule has 65 heavy (non-hydrogen) atoms. The van der Waals surface area contributed by atoms with Crippen LogP contribution in [-0.2, 0) is 32.7 Å². The van der Waals surface area contributed by atoms with Crippen LogP contribution in [0.3, 0.4) is 0 Å². The Kier molecular flexibility index (Phi) is 47.8. The fourth-order valence-corrected chi connectivity index (χ4v) is 7.89. The third kappa shape index (κ3) is 49.4. The summed E-state index contributed by atoms with van der Waals surface area (Å²) < 4.78 is 32.8. The van der Waals surface area contributed by atoms with Crippen molar-refractivity contribution in [3.8, 4) is 0 Å². The molecule has 0 aromatic rings. The summed E-state index contributed by atoms with van der Waals surface area (Å²) in [5, 5.41) is 18.4. The summed E-state index contributed by atoms with van der Waals surface area (Å²) in [5.74, 6) is -0.987. The van der Waals surface area contributed by atoms with E-state index in [9.17, 15) is 24.2 Å². The van der Waals surface area contributed by atoms with E-state index >= 15 is 0 Å². The number of carbonyl (C=O) groups excluding carboxylic acids is 2. The molecule has 0 heterocycles. The minimum absolute atomic E-state index is 0.107. The lowest BCUT2D eigenvalue weighted by Crippen LogP contribution is -2.29. The van der Waals surface area contributed by atoms with Gasteiger partial charge in [-0.15, -0.1) is 0 Å². The average Bonchev–Trinajstić information content (AvgIpc) is 3.30. The average molecular weight is 937 g/mol. The first kappa shape index (κ1) is 62.7. The van der Waals surface area contributed by atoms with E-state index in [1.54, 1.807) is 0 Å². The molecule has 11 heteroatoms. The highest BCUT2D eigenvalue weighted by Crippen LogP contribution is 2.43. The normalized spacial score (nSPS) is 14.1. The molecule has 0 saturated heterocycles. The number of phosphoric acid groups is 1. The first-order valence-corrected chi connectivity index (χ1v) is 27.7. The molecular weight excluding hydrogens is 840 g/mol. The Morgan fingerprint density at radius 1 is 0.462 bits per heavy atom. The lowest BCUT2D eigenvalue weighted by molar-refractivity contribution is -0.161. The molecule has 3 N–H and O–H groups in total. The monoisotopic (exact) mass is 937 g/mol. The van der Waals surface area contributed by atoms with Crippen LogP contribution in [0.1, 0.15) is 232 Å². The first-order valence-electron chi connectivity index (χ1n) is 26.2. The number of aliphatic hydroxyl groups excluding tert-OH is 2. The third-order valence-electron chi connectivity index (χ3n) is 11.1. The van der Waals surface area contributed by atoms with Crippen molar-refractivity contribution in [1.29, 1.82) is 0 Å². The predicted molar refractivity (Wildman–Crippen MR) is 270 cm³/mol. The molecule has 0 spiro atoms. The molecule has 0 aliphatic rings. The van der Waals surface area contributed by atoms with Crippen molar-refractivity contribution in [1.82, 2.24) is 0 Å². The number of carbonyl (C=O) groups is 2. The fourth-order valence-electron chi connectivity index (χ4n) is 7.10. The molecule has 1 unspecified atom stereocenters. The zero-order valence-corrected chi connectivity index (χ0v) is 42.3. The number of phosphoric ester groups is 1. The Bertz CT molecular complexity index is 1260. The molecule has 3 atom stereocenters. The maximum atomic E-state index is 12.7. The molecule has 0 amide bonds. The van der Waals surface area contributed by atoms with Crippen LogP contribution in [-0.4, -0.2) is 65.7 Å². The summed E-state index contributed by atoms with van der Waals surface area (Å²) in [5.41, 5.74) is 0. The van der Waals surface area contributed by atoms with Gasteiger partial charge in [0, 0.05) is 12.8 Å². The van der Waals surface area contributed by atoms with Gasteiger partial charge in [0.2, 0.25) is 0 Å². The van der Waals surface area contributed by atoms with E-state index in [1.165, 1.54) is 148 Å². The topological polar surface area (TPSA) is 149 Å². The fraction of sp³-hybridized carbons (Fsp3) is 0.778. The minimum Gasteiger partial charge on any atom is -0.462 e. The number of ether oxygens (including phenoxy) is 2. The van der Waals surface area contributed by atoms with Gasteiger partial charge < -0.3 is 24.6 Å². The zero-order valence-electron chi connectivity index (χ0n) is 41.4. The molecule has 0 radical (unpaired) electrons. The third-order valence-corrected chi connectivity index (χ3v) is 12.1. The Morgan fingerprint density at radius 2 is 0.815 bits per heavy atom. The van der Waals surface area contributed by atoms with E-state index in [1.807, 2.05) is 6.08 Å². The number of allylic oxidation sites excluding steroid dienone is 10. The van der Waals surface area contributed by atoms with Crippen LogP contribution in [0, 0.1) is 0 Å². The van der Waals surface area contributed by atoms with Crippen molar-refractivity contribution in [2.24, 2.45) is 0 Å². The van der Waals surface area contributed by atoms with Gasteiger partial charge >= 0.3 is 19.8 Å². The standard InChI is InChI=1S/C54H97O10P/c1-3-5-7-9-11-13-15-17-19-21-23-25-27-29-31-33-35-37-39-41-43-45-53(57)61-49-52(50-63-65(59,60)62-48-51(56)47-55)64-54(58)46-44-42-40-38-36-34-32-30-28-26-24-22-20-18-16-14-12-10-8-6-4-2/h17,19-20,22,26,28,32,34,38,40,51-52,55-56H,3-16,18,21,23-25,27,29-31,33,35-37,39,41-50H2,1-2H3,(H,59,60)/b19-17+,22-20+,28-26+,34-32+,40-38+/t51-,52+/m0/s1. The van der Waals surface area contributed by atoms with Gasteiger partial charge in [-0.25, -0.2) is 4.57 Å².